The summed E-state index contributed by atoms with van der Waals surface area (Å²) in [5, 5.41) is 0. The Morgan fingerprint density at radius 2 is 2.09 bits per heavy atom. The Morgan fingerprint density at radius 3 is 2.83 bits per heavy atom. The van der Waals surface area contributed by atoms with Crippen LogP contribution in [0.4, 0.5) is 0 Å². The van der Waals surface area contributed by atoms with Crippen LogP contribution in [-0.4, -0.2) is 11.7 Å². The molecule has 2 N–H and O–H groups in total. The number of hydrogen-bond acceptors (Lipinski definition) is 4. The molecule has 3 rings (SSSR count). The molecular weight excluding hydrogens is 360 g/mol. The number of furan rings is 1. The van der Waals surface area contributed by atoms with Crippen molar-refractivity contribution in [1.29, 1.82) is 0 Å². The van der Waals surface area contributed by atoms with E-state index in [2.05, 4.69) is 26.8 Å². The predicted molar refractivity (Wildman–Crippen MR) is 88.5 cm³/mol. The number of nitrogens with one attached hydrogen (secondary N) is 2. The van der Waals surface area contributed by atoms with E-state index in [0.717, 1.165) is 10.2 Å². The van der Waals surface area contributed by atoms with Crippen LogP contribution in [0, 0.1) is 0 Å². The predicted octanol–water partition coefficient (Wildman–Crippen LogP) is 3.31. The zero-order chi connectivity index (χ0) is 16.2. The lowest BCUT2D eigenvalue weighted by molar-refractivity contribution is -0.115. The van der Waals surface area contributed by atoms with E-state index < -0.39 is 0 Å². The maximum Gasteiger partial charge on any atom is 0.269 e. The van der Waals surface area contributed by atoms with Gasteiger partial charge in [0.2, 0.25) is 0 Å². The highest BCUT2D eigenvalue weighted by atomic mass is 79.9. The molecule has 0 unspecified atom stereocenters. The van der Waals surface area contributed by atoms with Gasteiger partial charge in [0.15, 0.2) is 5.78 Å². The molecule has 1 heterocycles. The summed E-state index contributed by atoms with van der Waals surface area (Å²) in [6.45, 7) is 0. The SMILES string of the molecule is O=C1C=C(NNC(=O)c2cccc(Br)c2)C[C@@H](c2ccco2)C1. The van der Waals surface area contributed by atoms with Gasteiger partial charge < -0.3 is 9.84 Å². The van der Waals surface area contributed by atoms with E-state index in [1.165, 1.54) is 6.08 Å². The molecule has 1 amide bonds. The monoisotopic (exact) mass is 374 g/mol. The molecule has 1 aliphatic carbocycles. The highest BCUT2D eigenvalue weighted by Crippen LogP contribution is 2.30. The van der Waals surface area contributed by atoms with Gasteiger partial charge in [0.1, 0.15) is 5.76 Å². The highest BCUT2D eigenvalue weighted by Gasteiger charge is 2.24. The van der Waals surface area contributed by atoms with E-state index in [1.54, 1.807) is 30.5 Å². The second-order valence-corrected chi connectivity index (χ2v) is 6.26. The van der Waals surface area contributed by atoms with E-state index in [9.17, 15) is 9.59 Å². The average molecular weight is 375 g/mol. The van der Waals surface area contributed by atoms with Gasteiger partial charge in [0, 0.05) is 34.1 Å². The third kappa shape index (κ3) is 3.90. The second-order valence-electron chi connectivity index (χ2n) is 5.35. The Labute approximate surface area is 141 Å². The third-order valence-corrected chi connectivity index (χ3v) is 4.11. The quantitative estimate of drug-likeness (QED) is 0.805. The van der Waals surface area contributed by atoms with Gasteiger partial charge >= 0.3 is 0 Å². The number of hydrazine groups is 1. The molecule has 0 fully saturated rings. The van der Waals surface area contributed by atoms with Gasteiger partial charge in [-0.15, -0.1) is 0 Å². The average Bonchev–Trinajstić information content (AvgIpc) is 3.06. The molecule has 0 saturated heterocycles. The van der Waals surface area contributed by atoms with E-state index in [-0.39, 0.29) is 17.6 Å². The number of ketones is 1. The van der Waals surface area contributed by atoms with Crippen LogP contribution in [0.5, 0.6) is 0 Å². The van der Waals surface area contributed by atoms with Crippen molar-refractivity contribution in [3.63, 3.8) is 0 Å². The fraction of sp³-hybridized carbons (Fsp3) is 0.176. The molecule has 2 aromatic rings. The summed E-state index contributed by atoms with van der Waals surface area (Å²) in [5.41, 5.74) is 6.66. The fourth-order valence-electron chi connectivity index (χ4n) is 2.54. The van der Waals surface area contributed by atoms with Gasteiger partial charge in [0.25, 0.3) is 5.91 Å². The first-order valence-corrected chi connectivity index (χ1v) is 8.00. The first kappa shape index (κ1) is 15.6. The van der Waals surface area contributed by atoms with Crippen molar-refractivity contribution in [3.8, 4) is 0 Å². The first-order valence-electron chi connectivity index (χ1n) is 7.20. The Morgan fingerprint density at radius 1 is 1.22 bits per heavy atom. The molecule has 1 aromatic carbocycles. The number of rotatable bonds is 4. The Balaban J connectivity index is 1.63. The van der Waals surface area contributed by atoms with Crippen LogP contribution in [0.2, 0.25) is 0 Å². The van der Waals surface area contributed by atoms with Crippen LogP contribution in [-0.2, 0) is 4.79 Å². The van der Waals surface area contributed by atoms with Crippen molar-refractivity contribution in [2.24, 2.45) is 0 Å². The summed E-state index contributed by atoms with van der Waals surface area (Å²) in [6, 6.07) is 10.7. The van der Waals surface area contributed by atoms with E-state index in [4.69, 9.17) is 4.42 Å². The molecule has 0 saturated carbocycles. The molecule has 1 atom stereocenters. The number of carbonyl (C=O) groups is 2. The fourth-order valence-corrected chi connectivity index (χ4v) is 2.94. The van der Waals surface area contributed by atoms with E-state index >= 15 is 0 Å². The minimum absolute atomic E-state index is 0.00669. The molecule has 23 heavy (non-hydrogen) atoms. The van der Waals surface area contributed by atoms with Gasteiger partial charge in [-0.05, 0) is 36.8 Å². The topological polar surface area (TPSA) is 71.3 Å². The van der Waals surface area contributed by atoms with E-state index in [0.29, 0.717) is 24.1 Å². The molecule has 1 aromatic heterocycles. The van der Waals surface area contributed by atoms with Gasteiger partial charge in [-0.2, -0.15) is 0 Å². The summed E-state index contributed by atoms with van der Waals surface area (Å²) in [6.07, 6.45) is 4.15. The number of halogens is 1. The molecule has 0 aliphatic heterocycles. The normalized spacial score (nSPS) is 17.5. The van der Waals surface area contributed by atoms with Crippen molar-refractivity contribution in [2.75, 3.05) is 0 Å². The molecule has 0 radical (unpaired) electrons. The lowest BCUT2D eigenvalue weighted by Crippen LogP contribution is -2.38. The maximum atomic E-state index is 12.1. The smallest absolute Gasteiger partial charge is 0.269 e. The van der Waals surface area contributed by atoms with Gasteiger partial charge in [-0.3, -0.25) is 15.0 Å². The first-order chi connectivity index (χ1) is 11.1. The number of hydrogen-bond donors (Lipinski definition) is 2. The van der Waals surface area contributed by atoms with Crippen LogP contribution in [0.25, 0.3) is 0 Å². The van der Waals surface area contributed by atoms with Crippen molar-refractivity contribution in [2.45, 2.75) is 18.8 Å². The molecule has 6 heteroatoms. The number of benzene rings is 1. The van der Waals surface area contributed by atoms with Crippen LogP contribution in [0.1, 0.15) is 34.9 Å². The molecule has 0 spiro atoms. The Hall–Kier alpha value is -2.34. The van der Waals surface area contributed by atoms with Crippen LogP contribution >= 0.6 is 15.9 Å². The number of carbonyl (C=O) groups excluding carboxylic acids is 2. The second kappa shape index (κ2) is 6.83. The lowest BCUT2D eigenvalue weighted by atomic mass is 9.89. The summed E-state index contributed by atoms with van der Waals surface area (Å²) in [7, 11) is 0. The van der Waals surface area contributed by atoms with Gasteiger partial charge in [-0.25, -0.2) is 0 Å². The van der Waals surface area contributed by atoms with Crippen LogP contribution in [0.15, 0.2) is 63.3 Å². The largest absolute Gasteiger partial charge is 0.469 e. The zero-order valence-electron chi connectivity index (χ0n) is 12.2. The van der Waals surface area contributed by atoms with Gasteiger partial charge in [-0.1, -0.05) is 22.0 Å². The lowest BCUT2D eigenvalue weighted by Gasteiger charge is -2.21. The molecular formula is C17H15BrN2O3. The number of amides is 1. The standard InChI is InChI=1S/C17H15BrN2O3/c18-13-4-1-3-11(7-13)17(22)20-19-14-8-12(9-15(21)10-14)16-5-2-6-23-16/h1-7,10,12,19H,8-9H2,(H,20,22)/t12-/m1/s1. The molecule has 1 aliphatic rings. The Bertz CT molecular complexity index is 753. The van der Waals surface area contributed by atoms with Crippen LogP contribution < -0.4 is 10.9 Å². The molecule has 5 nitrogen and oxygen atoms in total. The molecule has 118 valence electrons. The van der Waals surface area contributed by atoms with Crippen molar-refractivity contribution < 1.29 is 14.0 Å². The summed E-state index contributed by atoms with van der Waals surface area (Å²) >= 11 is 3.33. The van der Waals surface area contributed by atoms with Crippen molar-refractivity contribution >= 4 is 27.6 Å². The number of allylic oxidation sites excluding steroid dienone is 2. The van der Waals surface area contributed by atoms with Gasteiger partial charge in [0.05, 0.1) is 6.26 Å². The summed E-state index contributed by atoms with van der Waals surface area (Å²) in [5.74, 6) is 0.522. The molecule has 0 bridgehead atoms. The van der Waals surface area contributed by atoms with Crippen molar-refractivity contribution in [1.82, 2.24) is 10.9 Å². The van der Waals surface area contributed by atoms with Crippen LogP contribution in [0.3, 0.4) is 0 Å². The minimum Gasteiger partial charge on any atom is -0.469 e. The summed E-state index contributed by atoms with van der Waals surface area (Å²) < 4.78 is 6.21. The van der Waals surface area contributed by atoms with Crippen molar-refractivity contribution in [3.05, 3.63) is 70.2 Å². The summed E-state index contributed by atoms with van der Waals surface area (Å²) in [4.78, 5) is 24.0. The minimum atomic E-state index is -0.264. The highest BCUT2D eigenvalue weighted by molar-refractivity contribution is 9.10. The van der Waals surface area contributed by atoms with E-state index in [1.807, 2.05) is 12.1 Å². The zero-order valence-corrected chi connectivity index (χ0v) is 13.8. The Kier molecular flexibility index (Phi) is 4.62. The third-order valence-electron chi connectivity index (χ3n) is 3.62. The maximum absolute atomic E-state index is 12.1.